The number of nitrogens with one attached hydrogen (secondary N) is 1. The standard InChI is InChI=1S/C34H36BrN3O5S/c1-3-22-36-34(40)32(23-26-10-6-4-7-11-26)37(24-27-14-16-28(35)17-15-27)33(39)25-38(29-12-8-5-9-13-29)44(41,42)31-20-18-30(43-2)19-21-31/h4-21,32H,3,22-25H2,1-2H3,(H,36,40)/t32-/m1/s1. The SMILES string of the molecule is CCCNC(=O)[C@@H](Cc1ccccc1)N(Cc1ccc(Br)cc1)C(=O)CN(c1ccccc1)S(=O)(=O)c1ccc(OC)cc1. The number of sulfonamides is 1. The molecule has 1 atom stereocenters. The van der Waals surface area contributed by atoms with Crippen LogP contribution in [-0.2, 0) is 32.6 Å². The Labute approximate surface area is 267 Å². The molecule has 0 aliphatic heterocycles. The number of carbonyl (C=O) groups is 2. The van der Waals surface area contributed by atoms with Crippen LogP contribution in [0.5, 0.6) is 5.75 Å². The maximum atomic E-state index is 14.4. The van der Waals surface area contributed by atoms with E-state index in [9.17, 15) is 18.0 Å². The molecule has 0 heterocycles. The first kappa shape index (κ1) is 32.8. The largest absolute Gasteiger partial charge is 0.497 e. The highest BCUT2D eigenvalue weighted by molar-refractivity contribution is 9.10. The monoisotopic (exact) mass is 677 g/mol. The lowest BCUT2D eigenvalue weighted by Gasteiger charge is -2.34. The molecular weight excluding hydrogens is 642 g/mol. The lowest BCUT2D eigenvalue weighted by atomic mass is 10.0. The van der Waals surface area contributed by atoms with E-state index in [2.05, 4.69) is 21.2 Å². The second-order valence-electron chi connectivity index (χ2n) is 10.2. The van der Waals surface area contributed by atoms with Gasteiger partial charge in [0.15, 0.2) is 0 Å². The minimum atomic E-state index is -4.18. The molecule has 0 bridgehead atoms. The number of methoxy groups -OCH3 is 1. The number of rotatable bonds is 14. The normalized spacial score (nSPS) is 11.8. The summed E-state index contributed by atoms with van der Waals surface area (Å²) in [4.78, 5) is 29.6. The molecular formula is C34H36BrN3O5S. The fourth-order valence-electron chi connectivity index (χ4n) is 4.70. The summed E-state index contributed by atoms with van der Waals surface area (Å²) >= 11 is 3.45. The summed E-state index contributed by atoms with van der Waals surface area (Å²) in [5.41, 5.74) is 2.01. The number of para-hydroxylation sites is 1. The van der Waals surface area contributed by atoms with Gasteiger partial charge in [-0.3, -0.25) is 13.9 Å². The Bertz CT molecular complexity index is 1620. The molecule has 0 saturated heterocycles. The lowest BCUT2D eigenvalue weighted by molar-refractivity contribution is -0.140. The van der Waals surface area contributed by atoms with Gasteiger partial charge < -0.3 is 15.0 Å². The first-order valence-corrected chi connectivity index (χ1v) is 16.5. The van der Waals surface area contributed by atoms with Crippen LogP contribution in [0.1, 0.15) is 24.5 Å². The Morgan fingerprint density at radius 3 is 2.05 bits per heavy atom. The molecule has 4 aromatic rings. The molecule has 0 unspecified atom stereocenters. The molecule has 1 N–H and O–H groups in total. The van der Waals surface area contributed by atoms with E-state index in [1.54, 1.807) is 42.5 Å². The van der Waals surface area contributed by atoms with Crippen LogP contribution in [0.15, 0.2) is 119 Å². The second-order valence-corrected chi connectivity index (χ2v) is 12.9. The van der Waals surface area contributed by atoms with Crippen molar-refractivity contribution in [3.05, 3.63) is 125 Å². The van der Waals surface area contributed by atoms with Crippen molar-refractivity contribution in [1.29, 1.82) is 0 Å². The topological polar surface area (TPSA) is 96.0 Å². The minimum Gasteiger partial charge on any atom is -0.497 e. The van der Waals surface area contributed by atoms with Crippen LogP contribution in [0, 0.1) is 0 Å². The summed E-state index contributed by atoms with van der Waals surface area (Å²) in [6.07, 6.45) is 0.988. The zero-order valence-corrected chi connectivity index (χ0v) is 27.1. The molecule has 0 radical (unpaired) electrons. The van der Waals surface area contributed by atoms with E-state index in [-0.39, 0.29) is 23.8 Å². The molecule has 4 rings (SSSR count). The van der Waals surface area contributed by atoms with Gasteiger partial charge >= 0.3 is 0 Å². The quantitative estimate of drug-likeness (QED) is 0.182. The van der Waals surface area contributed by atoms with Gasteiger partial charge in [-0.2, -0.15) is 0 Å². The Hall–Kier alpha value is -4.15. The Kier molecular flexibility index (Phi) is 11.6. The van der Waals surface area contributed by atoms with Gasteiger partial charge in [0.2, 0.25) is 11.8 Å². The van der Waals surface area contributed by atoms with Crippen molar-refractivity contribution in [2.24, 2.45) is 0 Å². The van der Waals surface area contributed by atoms with Gasteiger partial charge in [0.1, 0.15) is 18.3 Å². The van der Waals surface area contributed by atoms with E-state index in [1.807, 2.05) is 61.5 Å². The predicted octanol–water partition coefficient (Wildman–Crippen LogP) is 5.82. The number of ether oxygens (including phenoxy) is 1. The van der Waals surface area contributed by atoms with Crippen LogP contribution < -0.4 is 14.4 Å². The lowest BCUT2D eigenvalue weighted by Crippen LogP contribution is -2.53. The molecule has 230 valence electrons. The zero-order chi connectivity index (χ0) is 31.5. The molecule has 10 heteroatoms. The van der Waals surface area contributed by atoms with Crippen molar-refractivity contribution < 1.29 is 22.7 Å². The number of anilines is 1. The van der Waals surface area contributed by atoms with Gasteiger partial charge in [0.05, 0.1) is 17.7 Å². The molecule has 0 aromatic heterocycles. The fraction of sp³-hybridized carbons (Fsp3) is 0.235. The average molecular weight is 679 g/mol. The third kappa shape index (κ3) is 8.48. The highest BCUT2D eigenvalue weighted by Gasteiger charge is 2.34. The van der Waals surface area contributed by atoms with Crippen molar-refractivity contribution in [3.63, 3.8) is 0 Å². The zero-order valence-electron chi connectivity index (χ0n) is 24.7. The molecule has 2 amide bonds. The van der Waals surface area contributed by atoms with E-state index in [1.165, 1.54) is 24.1 Å². The summed E-state index contributed by atoms with van der Waals surface area (Å²) < 4.78 is 35.3. The molecule has 0 aliphatic rings. The Morgan fingerprint density at radius 2 is 1.45 bits per heavy atom. The van der Waals surface area contributed by atoms with Crippen molar-refractivity contribution in [1.82, 2.24) is 10.2 Å². The van der Waals surface area contributed by atoms with E-state index < -0.39 is 28.5 Å². The number of halogens is 1. The summed E-state index contributed by atoms with van der Waals surface area (Å²) in [6, 6.07) is 30.6. The number of hydrogen-bond donors (Lipinski definition) is 1. The maximum Gasteiger partial charge on any atom is 0.264 e. The highest BCUT2D eigenvalue weighted by Crippen LogP contribution is 2.26. The Balaban J connectivity index is 1.77. The molecule has 0 saturated carbocycles. The van der Waals surface area contributed by atoms with Crippen molar-refractivity contribution in [3.8, 4) is 5.75 Å². The van der Waals surface area contributed by atoms with Gasteiger partial charge in [-0.05, 0) is 66.1 Å². The van der Waals surface area contributed by atoms with Crippen LogP contribution in [-0.4, -0.2) is 51.4 Å². The van der Waals surface area contributed by atoms with Crippen molar-refractivity contribution in [2.75, 3.05) is 24.5 Å². The first-order chi connectivity index (χ1) is 21.2. The summed E-state index contributed by atoms with van der Waals surface area (Å²) in [5.74, 6) is -0.305. The minimum absolute atomic E-state index is 0.0101. The van der Waals surface area contributed by atoms with Gasteiger partial charge in [0.25, 0.3) is 10.0 Å². The number of carbonyl (C=O) groups excluding carboxylic acids is 2. The van der Waals surface area contributed by atoms with Gasteiger partial charge in [0, 0.05) is 24.0 Å². The van der Waals surface area contributed by atoms with Crippen LogP contribution >= 0.6 is 15.9 Å². The summed E-state index contributed by atoms with van der Waals surface area (Å²) in [7, 11) is -2.68. The number of nitrogens with zero attached hydrogens (tertiary/aromatic N) is 2. The van der Waals surface area contributed by atoms with Crippen molar-refractivity contribution in [2.45, 2.75) is 37.2 Å². The summed E-state index contributed by atoms with van der Waals surface area (Å²) in [5, 5.41) is 2.95. The van der Waals surface area contributed by atoms with Gasteiger partial charge in [-0.1, -0.05) is 83.5 Å². The van der Waals surface area contributed by atoms with Crippen LogP contribution in [0.4, 0.5) is 5.69 Å². The van der Waals surface area contributed by atoms with Crippen LogP contribution in [0.2, 0.25) is 0 Å². The average Bonchev–Trinajstić information content (AvgIpc) is 3.05. The van der Waals surface area contributed by atoms with E-state index >= 15 is 0 Å². The predicted molar refractivity (Wildman–Crippen MR) is 176 cm³/mol. The highest BCUT2D eigenvalue weighted by atomic mass is 79.9. The molecule has 8 nitrogen and oxygen atoms in total. The Morgan fingerprint density at radius 1 is 0.841 bits per heavy atom. The number of hydrogen-bond acceptors (Lipinski definition) is 5. The van der Waals surface area contributed by atoms with Crippen LogP contribution in [0.25, 0.3) is 0 Å². The summed E-state index contributed by atoms with van der Waals surface area (Å²) in [6.45, 7) is 2.00. The molecule has 4 aromatic carbocycles. The first-order valence-electron chi connectivity index (χ1n) is 14.3. The fourth-order valence-corrected chi connectivity index (χ4v) is 6.38. The van der Waals surface area contributed by atoms with E-state index in [4.69, 9.17) is 4.74 Å². The van der Waals surface area contributed by atoms with Crippen LogP contribution in [0.3, 0.4) is 0 Å². The molecule has 0 aliphatic carbocycles. The van der Waals surface area contributed by atoms with E-state index in [0.717, 1.165) is 26.3 Å². The number of benzene rings is 4. The smallest absolute Gasteiger partial charge is 0.264 e. The molecule has 0 fully saturated rings. The molecule has 44 heavy (non-hydrogen) atoms. The van der Waals surface area contributed by atoms with Gasteiger partial charge in [-0.15, -0.1) is 0 Å². The third-order valence-corrected chi connectivity index (χ3v) is 9.37. The van der Waals surface area contributed by atoms with Gasteiger partial charge in [-0.25, -0.2) is 8.42 Å². The van der Waals surface area contributed by atoms with Crippen molar-refractivity contribution >= 4 is 43.5 Å². The molecule has 0 spiro atoms. The second kappa shape index (κ2) is 15.5. The maximum absolute atomic E-state index is 14.4. The van der Waals surface area contributed by atoms with E-state index in [0.29, 0.717) is 18.0 Å². The third-order valence-electron chi connectivity index (χ3n) is 7.06. The number of amides is 2.